The molecule has 2 rings (SSSR count). The Hall–Kier alpha value is -1.62. The van der Waals surface area contributed by atoms with E-state index in [1.807, 2.05) is 0 Å². The van der Waals surface area contributed by atoms with Gasteiger partial charge < -0.3 is 14.6 Å². The quantitative estimate of drug-likeness (QED) is 0.894. The highest BCUT2D eigenvalue weighted by atomic mass is 19.1. The highest BCUT2D eigenvalue weighted by Crippen LogP contribution is 2.23. The fraction of sp³-hybridized carbons (Fsp3) is 0.462. The van der Waals surface area contributed by atoms with Crippen molar-refractivity contribution in [2.24, 2.45) is 0 Å². The predicted octanol–water partition coefficient (Wildman–Crippen LogP) is 2.15. The molecule has 1 aliphatic rings. The molecule has 1 aliphatic heterocycles. The molecule has 98 valence electrons. The van der Waals surface area contributed by atoms with Crippen LogP contribution in [0.2, 0.25) is 0 Å². The minimum absolute atomic E-state index is 0.171. The van der Waals surface area contributed by atoms with Gasteiger partial charge in [-0.05, 0) is 31.4 Å². The van der Waals surface area contributed by atoms with E-state index in [0.29, 0.717) is 18.4 Å². The number of hydrogen-bond donors (Lipinski definition) is 1. The first-order chi connectivity index (χ1) is 8.58. The van der Waals surface area contributed by atoms with Crippen LogP contribution in [0, 0.1) is 12.7 Å². The van der Waals surface area contributed by atoms with E-state index in [2.05, 4.69) is 0 Å². The van der Waals surface area contributed by atoms with Crippen molar-refractivity contribution in [2.45, 2.75) is 32.0 Å². The average Bonchev–Trinajstić information content (AvgIpc) is 2.80. The maximum absolute atomic E-state index is 13.6. The van der Waals surface area contributed by atoms with Gasteiger partial charge in [-0.25, -0.2) is 9.18 Å². The molecular formula is C13H15FO4. The number of rotatable bonds is 4. The molecule has 0 aromatic heterocycles. The van der Waals surface area contributed by atoms with Gasteiger partial charge in [-0.15, -0.1) is 0 Å². The van der Waals surface area contributed by atoms with Crippen molar-refractivity contribution < 1.29 is 23.8 Å². The van der Waals surface area contributed by atoms with E-state index < -0.39 is 12.1 Å². The number of aryl methyl sites for hydroxylation is 1. The smallest absolute Gasteiger partial charge is 0.332 e. The van der Waals surface area contributed by atoms with Crippen LogP contribution < -0.4 is 4.74 Å². The summed E-state index contributed by atoms with van der Waals surface area (Å²) in [5.41, 5.74) is 0.517. The number of aliphatic carboxylic acids is 1. The Bertz CT molecular complexity index is 447. The summed E-state index contributed by atoms with van der Waals surface area (Å²) in [6.07, 6.45) is 0.0383. The van der Waals surface area contributed by atoms with Gasteiger partial charge in [0.1, 0.15) is 6.61 Å². The second kappa shape index (κ2) is 5.35. The fourth-order valence-corrected chi connectivity index (χ4v) is 1.92. The molecule has 4 nitrogen and oxygen atoms in total. The first-order valence-corrected chi connectivity index (χ1v) is 5.84. The van der Waals surface area contributed by atoms with Crippen LogP contribution >= 0.6 is 0 Å². The van der Waals surface area contributed by atoms with Crippen LogP contribution in [-0.4, -0.2) is 29.9 Å². The molecule has 0 spiro atoms. The largest absolute Gasteiger partial charge is 0.488 e. The topological polar surface area (TPSA) is 55.8 Å². The van der Waals surface area contributed by atoms with E-state index >= 15 is 0 Å². The van der Waals surface area contributed by atoms with Crippen LogP contribution in [0.3, 0.4) is 0 Å². The van der Waals surface area contributed by atoms with Crippen molar-refractivity contribution in [3.8, 4) is 5.75 Å². The van der Waals surface area contributed by atoms with Gasteiger partial charge in [-0.1, -0.05) is 12.1 Å². The molecule has 5 heteroatoms. The Kier molecular flexibility index (Phi) is 3.81. The molecule has 1 N–H and O–H groups in total. The Morgan fingerprint density at radius 2 is 2.33 bits per heavy atom. The summed E-state index contributed by atoms with van der Waals surface area (Å²) in [7, 11) is 0. The Morgan fingerprint density at radius 3 is 3.00 bits per heavy atom. The van der Waals surface area contributed by atoms with Crippen molar-refractivity contribution in [2.75, 3.05) is 6.61 Å². The van der Waals surface area contributed by atoms with Gasteiger partial charge in [-0.2, -0.15) is 0 Å². The monoisotopic (exact) mass is 254 g/mol. The van der Waals surface area contributed by atoms with Crippen molar-refractivity contribution in [1.29, 1.82) is 0 Å². The molecule has 1 heterocycles. The van der Waals surface area contributed by atoms with E-state index in [1.165, 1.54) is 0 Å². The Labute approximate surface area is 104 Å². The van der Waals surface area contributed by atoms with Gasteiger partial charge in [0.25, 0.3) is 0 Å². The average molecular weight is 254 g/mol. The minimum atomic E-state index is -0.959. The highest BCUT2D eigenvalue weighted by Gasteiger charge is 2.30. The second-order valence-electron chi connectivity index (χ2n) is 4.36. The van der Waals surface area contributed by atoms with E-state index in [0.717, 1.165) is 0 Å². The van der Waals surface area contributed by atoms with Crippen molar-refractivity contribution in [3.05, 3.63) is 29.6 Å². The molecule has 0 saturated carbocycles. The van der Waals surface area contributed by atoms with Gasteiger partial charge in [0.15, 0.2) is 17.7 Å². The van der Waals surface area contributed by atoms with Crippen LogP contribution in [0.4, 0.5) is 4.39 Å². The Balaban J connectivity index is 1.89. The lowest BCUT2D eigenvalue weighted by atomic mass is 10.2. The third kappa shape index (κ3) is 2.79. The second-order valence-corrected chi connectivity index (χ2v) is 4.36. The highest BCUT2D eigenvalue weighted by molar-refractivity contribution is 5.72. The third-order valence-corrected chi connectivity index (χ3v) is 2.96. The molecule has 1 fully saturated rings. The zero-order chi connectivity index (χ0) is 13.1. The summed E-state index contributed by atoms with van der Waals surface area (Å²) in [6.45, 7) is 1.83. The summed E-state index contributed by atoms with van der Waals surface area (Å²) in [4.78, 5) is 10.7. The molecular weight excluding hydrogens is 239 g/mol. The first-order valence-electron chi connectivity index (χ1n) is 5.84. The molecule has 18 heavy (non-hydrogen) atoms. The number of benzene rings is 1. The SMILES string of the molecule is Cc1cccc(OCC2CCC(C(=O)O)O2)c1F. The van der Waals surface area contributed by atoms with Crippen LogP contribution in [0.1, 0.15) is 18.4 Å². The molecule has 0 aliphatic carbocycles. The van der Waals surface area contributed by atoms with Crippen LogP contribution in [-0.2, 0) is 9.53 Å². The van der Waals surface area contributed by atoms with E-state index in [-0.39, 0.29) is 24.3 Å². The van der Waals surface area contributed by atoms with Crippen LogP contribution in [0.15, 0.2) is 18.2 Å². The fourth-order valence-electron chi connectivity index (χ4n) is 1.92. The molecule has 2 unspecified atom stereocenters. The van der Waals surface area contributed by atoms with Gasteiger partial charge in [-0.3, -0.25) is 0 Å². The zero-order valence-electron chi connectivity index (χ0n) is 10.1. The number of halogens is 1. The van der Waals surface area contributed by atoms with Crippen LogP contribution in [0.25, 0.3) is 0 Å². The summed E-state index contributed by atoms with van der Waals surface area (Å²) in [6, 6.07) is 4.92. The van der Waals surface area contributed by atoms with E-state index in [4.69, 9.17) is 14.6 Å². The minimum Gasteiger partial charge on any atom is -0.488 e. The summed E-state index contributed by atoms with van der Waals surface area (Å²) in [5.74, 6) is -1.16. The summed E-state index contributed by atoms with van der Waals surface area (Å²) in [5, 5.41) is 8.77. The van der Waals surface area contributed by atoms with Gasteiger partial charge in [0.05, 0.1) is 6.10 Å². The van der Waals surface area contributed by atoms with Crippen molar-refractivity contribution >= 4 is 5.97 Å². The molecule has 0 amide bonds. The Morgan fingerprint density at radius 1 is 1.56 bits per heavy atom. The lowest BCUT2D eigenvalue weighted by Gasteiger charge is -2.13. The maximum Gasteiger partial charge on any atom is 0.332 e. The molecule has 1 aromatic carbocycles. The standard InChI is InChI=1S/C13H15FO4/c1-8-3-2-4-10(12(8)14)17-7-9-5-6-11(18-9)13(15)16/h2-4,9,11H,5-7H2,1H3,(H,15,16). The number of carbonyl (C=O) groups is 1. The molecule has 2 atom stereocenters. The van der Waals surface area contributed by atoms with E-state index in [9.17, 15) is 9.18 Å². The van der Waals surface area contributed by atoms with Crippen molar-refractivity contribution in [3.63, 3.8) is 0 Å². The predicted molar refractivity (Wildman–Crippen MR) is 62.2 cm³/mol. The third-order valence-electron chi connectivity index (χ3n) is 2.96. The number of ether oxygens (including phenoxy) is 2. The van der Waals surface area contributed by atoms with Crippen molar-refractivity contribution in [1.82, 2.24) is 0 Å². The number of hydrogen-bond acceptors (Lipinski definition) is 3. The lowest BCUT2D eigenvalue weighted by molar-refractivity contribution is -0.149. The molecule has 0 radical (unpaired) electrons. The van der Waals surface area contributed by atoms with Gasteiger partial charge in [0, 0.05) is 0 Å². The maximum atomic E-state index is 13.6. The normalized spacial score (nSPS) is 23.0. The lowest BCUT2D eigenvalue weighted by Crippen LogP contribution is -2.23. The summed E-state index contributed by atoms with van der Waals surface area (Å²) >= 11 is 0. The molecule has 1 aromatic rings. The summed E-state index contributed by atoms with van der Waals surface area (Å²) < 4.78 is 24.2. The zero-order valence-corrected chi connectivity index (χ0v) is 10.1. The number of carboxylic acids is 1. The first kappa shape index (κ1) is 12.8. The molecule has 1 saturated heterocycles. The van der Waals surface area contributed by atoms with Gasteiger partial charge >= 0.3 is 5.97 Å². The van der Waals surface area contributed by atoms with Crippen LogP contribution in [0.5, 0.6) is 5.75 Å². The van der Waals surface area contributed by atoms with E-state index in [1.54, 1.807) is 25.1 Å². The molecule has 0 bridgehead atoms. The number of carboxylic acid groups (broad SMARTS) is 1. The van der Waals surface area contributed by atoms with Gasteiger partial charge in [0.2, 0.25) is 0 Å².